The summed E-state index contributed by atoms with van der Waals surface area (Å²) in [6.45, 7) is -0.250. The van der Waals surface area contributed by atoms with E-state index in [4.69, 9.17) is 0 Å². The molecule has 0 bridgehead atoms. The van der Waals surface area contributed by atoms with Crippen LogP contribution in [0.25, 0.3) is 0 Å². The molecule has 0 spiro atoms. The summed E-state index contributed by atoms with van der Waals surface area (Å²) in [5.74, 6) is 0. The second-order valence-electron chi connectivity index (χ2n) is 3.76. The molecule has 3 N–H and O–H groups in total. The SMILES string of the molecule is NCCF.O=S(=O)(Nc1ccccc1)c1ccccc1. The van der Waals surface area contributed by atoms with Crippen LogP contribution in [-0.4, -0.2) is 21.6 Å². The Morgan fingerprint density at radius 2 is 1.40 bits per heavy atom. The number of hydrogen-bond donors (Lipinski definition) is 2. The number of para-hydroxylation sites is 1. The zero-order valence-corrected chi connectivity index (χ0v) is 11.7. The Kier molecular flexibility index (Phi) is 6.69. The number of halogens is 1. The van der Waals surface area contributed by atoms with Gasteiger partial charge in [0.2, 0.25) is 0 Å². The second-order valence-corrected chi connectivity index (χ2v) is 5.44. The predicted molar refractivity (Wildman–Crippen MR) is 78.7 cm³/mol. The van der Waals surface area contributed by atoms with Crippen molar-refractivity contribution in [3.63, 3.8) is 0 Å². The summed E-state index contributed by atoms with van der Waals surface area (Å²) in [6, 6.07) is 17.1. The highest BCUT2D eigenvalue weighted by Crippen LogP contribution is 2.14. The third-order valence-electron chi connectivity index (χ3n) is 2.19. The fourth-order valence-electron chi connectivity index (χ4n) is 1.32. The smallest absolute Gasteiger partial charge is 0.261 e. The van der Waals surface area contributed by atoms with Crippen molar-refractivity contribution in [2.45, 2.75) is 4.90 Å². The Morgan fingerprint density at radius 1 is 0.950 bits per heavy atom. The molecule has 0 radical (unpaired) electrons. The first kappa shape index (κ1) is 16.1. The van der Waals surface area contributed by atoms with E-state index in [0.717, 1.165) is 0 Å². The Hall–Kier alpha value is -1.92. The van der Waals surface area contributed by atoms with Gasteiger partial charge in [-0.3, -0.25) is 4.72 Å². The molecule has 2 aromatic carbocycles. The second kappa shape index (κ2) is 8.29. The van der Waals surface area contributed by atoms with Crippen molar-refractivity contribution >= 4 is 15.7 Å². The maximum atomic E-state index is 11.9. The van der Waals surface area contributed by atoms with Gasteiger partial charge in [0.25, 0.3) is 10.0 Å². The van der Waals surface area contributed by atoms with E-state index in [2.05, 4.69) is 10.5 Å². The molecule has 0 saturated carbocycles. The van der Waals surface area contributed by atoms with E-state index >= 15 is 0 Å². The lowest BCUT2D eigenvalue weighted by Crippen LogP contribution is -2.12. The monoisotopic (exact) mass is 296 g/mol. The number of benzene rings is 2. The molecule has 2 aromatic rings. The molecule has 0 fully saturated rings. The van der Waals surface area contributed by atoms with Gasteiger partial charge in [-0.15, -0.1) is 0 Å². The number of sulfonamides is 1. The lowest BCUT2D eigenvalue weighted by molar-refractivity contribution is 0.504. The van der Waals surface area contributed by atoms with Crippen molar-refractivity contribution in [3.8, 4) is 0 Å². The summed E-state index contributed by atoms with van der Waals surface area (Å²) in [5, 5.41) is 0. The first-order valence-corrected chi connectivity index (χ1v) is 7.47. The van der Waals surface area contributed by atoms with Crippen LogP contribution in [-0.2, 0) is 10.0 Å². The molecule has 0 aliphatic rings. The van der Waals surface area contributed by atoms with Crippen molar-refractivity contribution in [1.82, 2.24) is 0 Å². The number of rotatable bonds is 4. The summed E-state index contributed by atoms with van der Waals surface area (Å²) in [6.07, 6.45) is 0. The van der Waals surface area contributed by atoms with Gasteiger partial charge in [-0.2, -0.15) is 0 Å². The average Bonchev–Trinajstić information content (AvgIpc) is 2.49. The van der Waals surface area contributed by atoms with Crippen molar-refractivity contribution in [2.75, 3.05) is 17.9 Å². The van der Waals surface area contributed by atoms with Crippen molar-refractivity contribution in [1.29, 1.82) is 0 Å². The summed E-state index contributed by atoms with van der Waals surface area (Å²) in [5.41, 5.74) is 5.21. The number of anilines is 1. The van der Waals surface area contributed by atoms with Crippen LogP contribution in [0, 0.1) is 0 Å². The van der Waals surface area contributed by atoms with Gasteiger partial charge >= 0.3 is 0 Å². The Balaban J connectivity index is 0.000000444. The summed E-state index contributed by atoms with van der Waals surface area (Å²) >= 11 is 0. The van der Waals surface area contributed by atoms with Crippen LogP contribution >= 0.6 is 0 Å². The number of nitrogens with two attached hydrogens (primary N) is 1. The van der Waals surface area contributed by atoms with E-state index in [9.17, 15) is 12.8 Å². The fourth-order valence-corrected chi connectivity index (χ4v) is 2.40. The predicted octanol–water partition coefficient (Wildman–Crippen LogP) is 2.40. The van der Waals surface area contributed by atoms with Crippen molar-refractivity contribution in [3.05, 3.63) is 60.7 Å². The maximum absolute atomic E-state index is 11.9. The minimum absolute atomic E-state index is 0.153. The van der Waals surface area contributed by atoms with Gasteiger partial charge in [-0.25, -0.2) is 12.8 Å². The van der Waals surface area contributed by atoms with Gasteiger partial charge in [0.15, 0.2) is 0 Å². The summed E-state index contributed by atoms with van der Waals surface area (Å²) in [4.78, 5) is 0.263. The minimum atomic E-state index is -3.46. The first-order valence-electron chi connectivity index (χ1n) is 5.99. The number of nitrogens with one attached hydrogen (secondary N) is 1. The normalized spacial score (nSPS) is 10.3. The third-order valence-corrected chi connectivity index (χ3v) is 3.59. The van der Waals surface area contributed by atoms with E-state index < -0.39 is 16.7 Å². The Morgan fingerprint density at radius 3 is 1.85 bits per heavy atom. The van der Waals surface area contributed by atoms with Crippen LogP contribution in [0.2, 0.25) is 0 Å². The number of hydrogen-bond acceptors (Lipinski definition) is 3. The van der Waals surface area contributed by atoms with E-state index in [1.54, 1.807) is 54.6 Å². The van der Waals surface area contributed by atoms with Gasteiger partial charge in [0.05, 0.1) is 4.90 Å². The first-order chi connectivity index (χ1) is 9.60. The molecule has 4 nitrogen and oxygen atoms in total. The van der Waals surface area contributed by atoms with Crippen LogP contribution in [0.1, 0.15) is 0 Å². The molecular formula is C14H17FN2O2S. The van der Waals surface area contributed by atoms with Crippen LogP contribution < -0.4 is 10.5 Å². The quantitative estimate of drug-likeness (QED) is 0.910. The zero-order valence-electron chi connectivity index (χ0n) is 10.9. The Bertz CT molecular complexity index is 587. The molecule has 0 aliphatic carbocycles. The van der Waals surface area contributed by atoms with Gasteiger partial charge in [0.1, 0.15) is 6.67 Å². The number of alkyl halides is 1. The van der Waals surface area contributed by atoms with E-state index in [1.807, 2.05) is 6.07 Å². The molecule has 6 heteroatoms. The minimum Gasteiger partial charge on any atom is -0.328 e. The molecule has 20 heavy (non-hydrogen) atoms. The molecule has 0 saturated heterocycles. The largest absolute Gasteiger partial charge is 0.328 e. The summed E-state index contributed by atoms with van der Waals surface area (Å²) in [7, 11) is -3.46. The third kappa shape index (κ3) is 5.38. The van der Waals surface area contributed by atoms with Crippen LogP contribution in [0.3, 0.4) is 0 Å². The molecule has 0 heterocycles. The fraction of sp³-hybridized carbons (Fsp3) is 0.143. The van der Waals surface area contributed by atoms with Gasteiger partial charge < -0.3 is 5.73 Å². The molecule has 0 unspecified atom stereocenters. The lowest BCUT2D eigenvalue weighted by Gasteiger charge is -2.07. The molecule has 0 amide bonds. The molecule has 2 rings (SSSR count). The van der Waals surface area contributed by atoms with E-state index in [-0.39, 0.29) is 11.4 Å². The average molecular weight is 296 g/mol. The van der Waals surface area contributed by atoms with Gasteiger partial charge in [-0.05, 0) is 24.3 Å². The Labute approximate surface area is 118 Å². The van der Waals surface area contributed by atoms with E-state index in [0.29, 0.717) is 5.69 Å². The maximum Gasteiger partial charge on any atom is 0.261 e. The molecule has 0 aromatic heterocycles. The van der Waals surface area contributed by atoms with E-state index in [1.165, 1.54) is 0 Å². The van der Waals surface area contributed by atoms with Gasteiger partial charge in [-0.1, -0.05) is 36.4 Å². The highest BCUT2D eigenvalue weighted by Gasteiger charge is 2.12. The highest BCUT2D eigenvalue weighted by atomic mass is 32.2. The van der Waals surface area contributed by atoms with Crippen LogP contribution in [0.15, 0.2) is 65.6 Å². The standard InChI is InChI=1S/C12H11NO2S.C2H6FN/c14-16(15,12-9-5-2-6-10-12)13-11-7-3-1-4-8-11;3-1-2-4/h1-10,13H;1-2,4H2. The molecular weight excluding hydrogens is 279 g/mol. The lowest BCUT2D eigenvalue weighted by atomic mass is 10.3. The summed E-state index contributed by atoms with van der Waals surface area (Å²) < 4.78 is 36.9. The van der Waals surface area contributed by atoms with Crippen LogP contribution in [0.5, 0.6) is 0 Å². The zero-order chi connectivity index (χ0) is 14.8. The van der Waals surface area contributed by atoms with Crippen molar-refractivity contribution in [2.24, 2.45) is 5.73 Å². The van der Waals surface area contributed by atoms with Gasteiger partial charge in [0, 0.05) is 12.2 Å². The van der Waals surface area contributed by atoms with Crippen molar-refractivity contribution < 1.29 is 12.8 Å². The topological polar surface area (TPSA) is 72.2 Å². The highest BCUT2D eigenvalue weighted by molar-refractivity contribution is 7.92. The molecule has 0 atom stereocenters. The van der Waals surface area contributed by atoms with Crippen LogP contribution in [0.4, 0.5) is 10.1 Å². The molecule has 0 aliphatic heterocycles. The molecule has 108 valence electrons.